The van der Waals surface area contributed by atoms with E-state index in [0.29, 0.717) is 21.8 Å². The summed E-state index contributed by atoms with van der Waals surface area (Å²) in [7, 11) is -3.91. The van der Waals surface area contributed by atoms with E-state index in [9.17, 15) is 13.2 Å². The highest BCUT2D eigenvalue weighted by molar-refractivity contribution is 8.01. The third-order valence-corrected chi connectivity index (χ3v) is 8.58. The second-order valence-electron chi connectivity index (χ2n) is 7.96. The Bertz CT molecular complexity index is 1270. The molecule has 0 spiro atoms. The van der Waals surface area contributed by atoms with Crippen LogP contribution in [-0.4, -0.2) is 42.4 Å². The number of ether oxygens (including phenoxy) is 1. The minimum Gasteiger partial charge on any atom is -0.476 e. The van der Waals surface area contributed by atoms with Crippen molar-refractivity contribution in [1.29, 1.82) is 0 Å². The number of nitrogens with zero attached hydrogens (tertiary/aromatic N) is 3. The number of hydrogen-bond donors (Lipinski definition) is 1. The zero-order chi connectivity index (χ0) is 23.8. The first-order chi connectivity index (χ1) is 15.6. The van der Waals surface area contributed by atoms with Crippen molar-refractivity contribution in [3.05, 3.63) is 53.6 Å². The first kappa shape index (κ1) is 23.5. The van der Waals surface area contributed by atoms with Gasteiger partial charge in [-0.3, -0.25) is 14.4 Å². The van der Waals surface area contributed by atoms with Crippen LogP contribution in [0.3, 0.4) is 0 Å². The van der Waals surface area contributed by atoms with E-state index in [-0.39, 0.29) is 11.4 Å². The smallest absolute Gasteiger partial charge is 0.269 e. The Morgan fingerprint density at radius 3 is 2.55 bits per heavy atom. The summed E-state index contributed by atoms with van der Waals surface area (Å²) in [6.45, 7) is 7.69. The maximum atomic E-state index is 13.5. The monoisotopic (exact) mass is 504 g/mol. The lowest BCUT2D eigenvalue weighted by Gasteiger charge is -2.34. The number of amides is 1. The van der Waals surface area contributed by atoms with Gasteiger partial charge >= 0.3 is 0 Å². The van der Waals surface area contributed by atoms with Crippen molar-refractivity contribution >= 4 is 49.8 Å². The van der Waals surface area contributed by atoms with Gasteiger partial charge in [-0.05, 0) is 43.7 Å². The fraction of sp³-hybridized carbons (Fsp3) is 0.318. The second-order valence-corrected chi connectivity index (χ2v) is 12.6. The highest BCUT2D eigenvalue weighted by Crippen LogP contribution is 2.38. The molecule has 8 nitrogen and oxygen atoms in total. The lowest BCUT2D eigenvalue weighted by Crippen LogP contribution is -2.48. The van der Waals surface area contributed by atoms with Crippen LogP contribution in [0.15, 0.2) is 51.7 Å². The number of benzene rings is 2. The number of sulfonamides is 1. The molecule has 1 atom stereocenters. The molecule has 3 aromatic rings. The van der Waals surface area contributed by atoms with Crippen molar-refractivity contribution in [3.8, 4) is 5.75 Å². The van der Waals surface area contributed by atoms with E-state index in [2.05, 4.69) is 15.5 Å². The fourth-order valence-electron chi connectivity index (χ4n) is 3.26. The van der Waals surface area contributed by atoms with Gasteiger partial charge in [0, 0.05) is 5.25 Å². The van der Waals surface area contributed by atoms with Crippen molar-refractivity contribution < 1.29 is 17.9 Å². The normalized spacial score (nSPS) is 15.8. The Labute approximate surface area is 201 Å². The second kappa shape index (κ2) is 9.32. The molecular weight excluding hydrogens is 480 g/mol. The van der Waals surface area contributed by atoms with E-state index < -0.39 is 22.0 Å². The molecule has 2 aromatic carbocycles. The lowest BCUT2D eigenvalue weighted by atomic mass is 10.1. The summed E-state index contributed by atoms with van der Waals surface area (Å²) >= 11 is 2.82. The maximum absolute atomic E-state index is 13.5. The molecule has 1 aliphatic heterocycles. The average molecular weight is 505 g/mol. The molecule has 1 amide bonds. The van der Waals surface area contributed by atoms with Crippen LogP contribution in [0.5, 0.6) is 5.75 Å². The summed E-state index contributed by atoms with van der Waals surface area (Å²) in [6, 6.07) is 11.9. The first-order valence-corrected chi connectivity index (χ1v) is 13.4. The van der Waals surface area contributed by atoms with Gasteiger partial charge < -0.3 is 4.74 Å². The Morgan fingerprint density at radius 2 is 1.85 bits per heavy atom. The van der Waals surface area contributed by atoms with Crippen LogP contribution >= 0.6 is 23.1 Å². The molecule has 0 unspecified atom stereocenters. The summed E-state index contributed by atoms with van der Waals surface area (Å²) in [6.07, 6.45) is -1.05. The predicted octanol–water partition coefficient (Wildman–Crippen LogP) is 4.25. The van der Waals surface area contributed by atoms with Gasteiger partial charge in [-0.15, -0.1) is 10.2 Å². The molecule has 174 valence electrons. The Hall–Kier alpha value is -2.63. The quantitative estimate of drug-likeness (QED) is 0.395. The summed E-state index contributed by atoms with van der Waals surface area (Å²) in [5.74, 6) is -0.145. The lowest BCUT2D eigenvalue weighted by molar-refractivity contribution is -0.122. The highest BCUT2D eigenvalue weighted by atomic mass is 32.2. The Morgan fingerprint density at radius 1 is 1.15 bits per heavy atom. The van der Waals surface area contributed by atoms with Gasteiger partial charge in [0.05, 0.1) is 17.1 Å². The fourth-order valence-corrected chi connectivity index (χ4v) is 6.71. The molecule has 0 fully saturated rings. The average Bonchev–Trinajstić information content (AvgIpc) is 3.18. The van der Waals surface area contributed by atoms with Gasteiger partial charge in [0.1, 0.15) is 5.75 Å². The van der Waals surface area contributed by atoms with E-state index in [4.69, 9.17) is 4.74 Å². The van der Waals surface area contributed by atoms with E-state index in [1.807, 2.05) is 33.8 Å². The number of fused-ring (bicyclic) bond motifs is 1. The molecular formula is C22H24N4O4S3. The van der Waals surface area contributed by atoms with Crippen molar-refractivity contribution in [3.63, 3.8) is 0 Å². The molecule has 1 aliphatic rings. The zero-order valence-electron chi connectivity index (χ0n) is 18.6. The van der Waals surface area contributed by atoms with Gasteiger partial charge in [0.25, 0.3) is 15.9 Å². The van der Waals surface area contributed by atoms with Crippen molar-refractivity contribution in [2.24, 2.45) is 0 Å². The molecule has 0 aliphatic carbocycles. The molecule has 4 rings (SSSR count). The molecule has 0 saturated heterocycles. The standard InChI is InChI=1S/C22H24N4O4S3/c1-13(2)31-22-25-24-21(32-22)23-20(27)19-12-26(17-10-7-15(4)11-18(17)30-19)33(28,29)16-8-5-14(3)6-9-16/h5-11,13,19H,12H2,1-4H3,(H,23,24,27)/t19-/m0/s1. The van der Waals surface area contributed by atoms with Crippen LogP contribution in [-0.2, 0) is 14.8 Å². The number of nitrogens with one attached hydrogen (secondary N) is 1. The molecule has 33 heavy (non-hydrogen) atoms. The van der Waals surface area contributed by atoms with Crippen LogP contribution in [0.25, 0.3) is 0 Å². The summed E-state index contributed by atoms with van der Waals surface area (Å²) < 4.78 is 34.9. The number of anilines is 2. The number of aromatic nitrogens is 2. The van der Waals surface area contributed by atoms with Crippen LogP contribution in [0, 0.1) is 13.8 Å². The number of carbonyl (C=O) groups excluding carboxylic acids is 1. The number of carbonyl (C=O) groups is 1. The molecule has 0 bridgehead atoms. The molecule has 0 radical (unpaired) electrons. The van der Waals surface area contributed by atoms with E-state index in [1.54, 1.807) is 48.2 Å². The van der Waals surface area contributed by atoms with Crippen molar-refractivity contribution in [1.82, 2.24) is 10.2 Å². The topological polar surface area (TPSA) is 101 Å². The molecule has 2 heterocycles. The Balaban J connectivity index is 1.63. The number of rotatable bonds is 6. The maximum Gasteiger partial charge on any atom is 0.269 e. The van der Waals surface area contributed by atoms with Gasteiger partial charge in [-0.1, -0.05) is 60.7 Å². The van der Waals surface area contributed by atoms with Crippen molar-refractivity contribution in [2.45, 2.75) is 48.3 Å². The van der Waals surface area contributed by atoms with Gasteiger partial charge in [-0.2, -0.15) is 0 Å². The van der Waals surface area contributed by atoms with Gasteiger partial charge in [0.15, 0.2) is 10.4 Å². The molecule has 1 N–H and O–H groups in total. The van der Waals surface area contributed by atoms with E-state index in [0.717, 1.165) is 15.5 Å². The van der Waals surface area contributed by atoms with Crippen LogP contribution in [0.2, 0.25) is 0 Å². The van der Waals surface area contributed by atoms with Gasteiger partial charge in [0.2, 0.25) is 5.13 Å². The third kappa shape index (κ3) is 5.15. The predicted molar refractivity (Wildman–Crippen MR) is 131 cm³/mol. The van der Waals surface area contributed by atoms with E-state index in [1.165, 1.54) is 15.6 Å². The highest BCUT2D eigenvalue weighted by Gasteiger charge is 2.38. The summed E-state index contributed by atoms with van der Waals surface area (Å²) in [5, 5.41) is 11.5. The van der Waals surface area contributed by atoms with E-state index >= 15 is 0 Å². The minimum absolute atomic E-state index is 0.153. The van der Waals surface area contributed by atoms with Crippen LogP contribution in [0.1, 0.15) is 25.0 Å². The first-order valence-electron chi connectivity index (χ1n) is 10.3. The van der Waals surface area contributed by atoms with Gasteiger partial charge in [-0.25, -0.2) is 8.42 Å². The number of thioether (sulfide) groups is 1. The largest absolute Gasteiger partial charge is 0.476 e. The van der Waals surface area contributed by atoms with Crippen LogP contribution in [0.4, 0.5) is 10.8 Å². The molecule has 11 heteroatoms. The molecule has 0 saturated carbocycles. The summed E-state index contributed by atoms with van der Waals surface area (Å²) in [4.78, 5) is 13.2. The SMILES string of the molecule is Cc1ccc(S(=O)(=O)N2C[C@@H](C(=O)Nc3nnc(SC(C)C)s3)Oc3cc(C)ccc32)cc1. The third-order valence-electron chi connectivity index (χ3n) is 4.86. The zero-order valence-corrected chi connectivity index (χ0v) is 21.1. The minimum atomic E-state index is -3.91. The number of aryl methyl sites for hydroxylation is 2. The number of hydrogen-bond acceptors (Lipinski definition) is 8. The van der Waals surface area contributed by atoms with Crippen LogP contribution < -0.4 is 14.4 Å². The molecule has 1 aromatic heterocycles. The van der Waals surface area contributed by atoms with Crippen molar-refractivity contribution in [2.75, 3.05) is 16.2 Å². The summed E-state index contributed by atoms with van der Waals surface area (Å²) in [5.41, 5.74) is 2.25. The Kier molecular flexibility index (Phi) is 6.64.